The molecule has 0 bridgehead atoms. The first kappa shape index (κ1) is 10.7. The fourth-order valence-electron chi connectivity index (χ4n) is 2.76. The Morgan fingerprint density at radius 3 is 2.60 bits per heavy atom. The Morgan fingerprint density at radius 1 is 1.13 bits per heavy atom. The van der Waals surface area contributed by atoms with Crippen LogP contribution in [0.4, 0.5) is 0 Å². The van der Waals surface area contributed by atoms with Crippen LogP contribution in [-0.4, -0.2) is 0 Å². The van der Waals surface area contributed by atoms with E-state index in [1.54, 1.807) is 11.1 Å². The molecule has 0 unspecified atom stereocenters. The fraction of sp³-hybridized carbons (Fsp3) is 0.600. The number of rotatable bonds is 4. The SMILES string of the molecule is CCCCc1ccccc1C1CCCC1. The molecule has 0 N–H and O–H groups in total. The lowest BCUT2D eigenvalue weighted by molar-refractivity contribution is 0.700. The number of unbranched alkanes of at least 4 members (excludes halogenated alkanes) is 1. The molecule has 0 heteroatoms. The molecule has 1 aliphatic rings. The minimum atomic E-state index is 0.873. The van der Waals surface area contributed by atoms with Gasteiger partial charge in [0.1, 0.15) is 0 Å². The summed E-state index contributed by atoms with van der Waals surface area (Å²) in [5.74, 6) is 0.873. The van der Waals surface area contributed by atoms with E-state index in [0.29, 0.717) is 0 Å². The van der Waals surface area contributed by atoms with Gasteiger partial charge in [-0.25, -0.2) is 0 Å². The van der Waals surface area contributed by atoms with Crippen LogP contribution in [0, 0.1) is 0 Å². The van der Waals surface area contributed by atoms with Gasteiger partial charge in [0.15, 0.2) is 0 Å². The number of hydrogen-bond donors (Lipinski definition) is 0. The summed E-state index contributed by atoms with van der Waals surface area (Å²) in [6.45, 7) is 2.28. The molecule has 2 rings (SSSR count). The van der Waals surface area contributed by atoms with Gasteiger partial charge in [-0.3, -0.25) is 0 Å². The van der Waals surface area contributed by atoms with E-state index >= 15 is 0 Å². The minimum absolute atomic E-state index is 0.873. The van der Waals surface area contributed by atoms with Crippen molar-refractivity contribution in [1.29, 1.82) is 0 Å². The van der Waals surface area contributed by atoms with Crippen molar-refractivity contribution in [3.63, 3.8) is 0 Å². The van der Waals surface area contributed by atoms with Crippen LogP contribution in [0.25, 0.3) is 0 Å². The van der Waals surface area contributed by atoms with Crippen molar-refractivity contribution in [3.05, 3.63) is 35.4 Å². The molecule has 1 saturated carbocycles. The Kier molecular flexibility index (Phi) is 3.82. The van der Waals surface area contributed by atoms with E-state index in [1.807, 2.05) is 0 Å². The molecular formula is C15H22. The van der Waals surface area contributed by atoms with Crippen molar-refractivity contribution in [2.45, 2.75) is 57.8 Å². The molecule has 0 radical (unpaired) electrons. The molecule has 1 aliphatic carbocycles. The monoisotopic (exact) mass is 202 g/mol. The highest BCUT2D eigenvalue weighted by molar-refractivity contribution is 5.31. The molecule has 1 aromatic rings. The summed E-state index contributed by atoms with van der Waals surface area (Å²) in [5.41, 5.74) is 3.27. The van der Waals surface area contributed by atoms with Crippen molar-refractivity contribution in [2.24, 2.45) is 0 Å². The molecule has 0 aromatic heterocycles. The van der Waals surface area contributed by atoms with Crippen molar-refractivity contribution in [1.82, 2.24) is 0 Å². The summed E-state index contributed by atoms with van der Waals surface area (Å²) >= 11 is 0. The molecule has 0 atom stereocenters. The first-order valence-electron chi connectivity index (χ1n) is 6.49. The molecule has 0 nitrogen and oxygen atoms in total. The van der Waals surface area contributed by atoms with Gasteiger partial charge in [-0.1, -0.05) is 50.5 Å². The molecule has 0 heterocycles. The highest BCUT2D eigenvalue weighted by Crippen LogP contribution is 2.36. The van der Waals surface area contributed by atoms with Crippen LogP contribution in [-0.2, 0) is 6.42 Å². The van der Waals surface area contributed by atoms with Crippen LogP contribution in [0.1, 0.15) is 62.5 Å². The third-order valence-electron chi connectivity index (χ3n) is 3.65. The summed E-state index contributed by atoms with van der Waals surface area (Å²) in [4.78, 5) is 0. The van der Waals surface area contributed by atoms with Crippen LogP contribution in [0.2, 0.25) is 0 Å². The van der Waals surface area contributed by atoms with Crippen molar-refractivity contribution in [3.8, 4) is 0 Å². The smallest absolute Gasteiger partial charge is 0.0159 e. The van der Waals surface area contributed by atoms with Gasteiger partial charge < -0.3 is 0 Å². The average molecular weight is 202 g/mol. The zero-order valence-corrected chi connectivity index (χ0v) is 9.84. The van der Waals surface area contributed by atoms with Gasteiger partial charge in [-0.15, -0.1) is 0 Å². The van der Waals surface area contributed by atoms with Gasteiger partial charge in [0.05, 0.1) is 0 Å². The zero-order valence-electron chi connectivity index (χ0n) is 9.84. The third-order valence-corrected chi connectivity index (χ3v) is 3.65. The lowest BCUT2D eigenvalue weighted by Crippen LogP contribution is -1.98. The van der Waals surface area contributed by atoms with E-state index in [9.17, 15) is 0 Å². The Balaban J connectivity index is 2.13. The van der Waals surface area contributed by atoms with Crippen LogP contribution >= 0.6 is 0 Å². The quantitative estimate of drug-likeness (QED) is 0.664. The van der Waals surface area contributed by atoms with E-state index in [2.05, 4.69) is 31.2 Å². The predicted molar refractivity (Wildman–Crippen MR) is 66.3 cm³/mol. The van der Waals surface area contributed by atoms with Crippen LogP contribution in [0.3, 0.4) is 0 Å². The maximum atomic E-state index is 2.36. The normalized spacial score (nSPS) is 17.1. The maximum Gasteiger partial charge on any atom is -0.0159 e. The second-order valence-corrected chi connectivity index (χ2v) is 4.78. The average Bonchev–Trinajstić information content (AvgIpc) is 2.80. The molecule has 0 spiro atoms. The highest BCUT2D eigenvalue weighted by Gasteiger charge is 2.18. The Bertz CT molecular complexity index is 295. The first-order valence-corrected chi connectivity index (χ1v) is 6.49. The Labute approximate surface area is 93.7 Å². The van der Waals surface area contributed by atoms with E-state index < -0.39 is 0 Å². The van der Waals surface area contributed by atoms with E-state index in [1.165, 1.54) is 44.9 Å². The van der Waals surface area contributed by atoms with Crippen molar-refractivity contribution >= 4 is 0 Å². The molecular weight excluding hydrogens is 180 g/mol. The van der Waals surface area contributed by atoms with E-state index in [-0.39, 0.29) is 0 Å². The van der Waals surface area contributed by atoms with E-state index in [0.717, 1.165) is 5.92 Å². The van der Waals surface area contributed by atoms with Gasteiger partial charge >= 0.3 is 0 Å². The summed E-state index contributed by atoms with van der Waals surface area (Å²) in [5, 5.41) is 0. The van der Waals surface area contributed by atoms with Crippen LogP contribution < -0.4 is 0 Å². The summed E-state index contributed by atoms with van der Waals surface area (Å²) in [6.07, 6.45) is 9.64. The van der Waals surface area contributed by atoms with Gasteiger partial charge in [-0.05, 0) is 42.7 Å². The molecule has 1 fully saturated rings. The standard InChI is InChI=1S/C15H22/c1-2-3-8-13-11-6-7-12-15(13)14-9-4-5-10-14/h6-7,11-12,14H,2-5,8-10H2,1H3. The van der Waals surface area contributed by atoms with Gasteiger partial charge in [0, 0.05) is 0 Å². The van der Waals surface area contributed by atoms with Gasteiger partial charge in [0.25, 0.3) is 0 Å². The van der Waals surface area contributed by atoms with Crippen molar-refractivity contribution < 1.29 is 0 Å². The number of benzene rings is 1. The maximum absolute atomic E-state index is 2.36. The molecule has 0 amide bonds. The first-order chi connectivity index (χ1) is 7.42. The molecule has 0 aliphatic heterocycles. The Morgan fingerprint density at radius 2 is 1.87 bits per heavy atom. The second-order valence-electron chi connectivity index (χ2n) is 4.78. The van der Waals surface area contributed by atoms with Gasteiger partial charge in [-0.2, -0.15) is 0 Å². The lowest BCUT2D eigenvalue weighted by Gasteiger charge is -2.14. The zero-order chi connectivity index (χ0) is 10.5. The molecule has 15 heavy (non-hydrogen) atoms. The van der Waals surface area contributed by atoms with Crippen LogP contribution in [0.5, 0.6) is 0 Å². The lowest BCUT2D eigenvalue weighted by atomic mass is 9.91. The molecule has 1 aromatic carbocycles. The third kappa shape index (κ3) is 2.62. The summed E-state index contributed by atoms with van der Waals surface area (Å²) < 4.78 is 0. The van der Waals surface area contributed by atoms with Crippen molar-refractivity contribution in [2.75, 3.05) is 0 Å². The highest BCUT2D eigenvalue weighted by atomic mass is 14.2. The number of aryl methyl sites for hydroxylation is 1. The summed E-state index contributed by atoms with van der Waals surface area (Å²) in [6, 6.07) is 9.11. The Hall–Kier alpha value is -0.780. The number of hydrogen-bond acceptors (Lipinski definition) is 0. The second kappa shape index (κ2) is 5.34. The fourth-order valence-corrected chi connectivity index (χ4v) is 2.76. The minimum Gasteiger partial charge on any atom is -0.0654 e. The van der Waals surface area contributed by atoms with Gasteiger partial charge in [0.2, 0.25) is 0 Å². The van der Waals surface area contributed by atoms with Crippen LogP contribution in [0.15, 0.2) is 24.3 Å². The topological polar surface area (TPSA) is 0 Å². The predicted octanol–water partition coefficient (Wildman–Crippen LogP) is 4.69. The largest absolute Gasteiger partial charge is 0.0654 e. The molecule has 0 saturated heterocycles. The molecule has 82 valence electrons. The summed E-state index contributed by atoms with van der Waals surface area (Å²) in [7, 11) is 0. The van der Waals surface area contributed by atoms with E-state index in [4.69, 9.17) is 0 Å².